The Bertz CT molecular complexity index is 965. The maximum atomic E-state index is 13.2. The second kappa shape index (κ2) is 11.1. The topological polar surface area (TPSA) is 77.1 Å². The van der Waals surface area contributed by atoms with Crippen LogP contribution in [-0.2, 0) is 16.0 Å². The summed E-state index contributed by atoms with van der Waals surface area (Å²) in [5, 5.41) is 2.98. The van der Waals surface area contributed by atoms with Gasteiger partial charge in [-0.2, -0.15) is 0 Å². The Morgan fingerprint density at radius 3 is 2.50 bits per heavy atom. The first-order valence-corrected chi connectivity index (χ1v) is 11.9. The van der Waals surface area contributed by atoms with Gasteiger partial charge in [0.05, 0.1) is 32.8 Å². The lowest BCUT2D eigenvalue weighted by molar-refractivity contribution is -0.141. The van der Waals surface area contributed by atoms with Gasteiger partial charge in [0.2, 0.25) is 0 Å². The van der Waals surface area contributed by atoms with Crippen LogP contribution in [0.4, 0.5) is 10.5 Å². The number of carbonyl (C=O) groups is 2. The van der Waals surface area contributed by atoms with Gasteiger partial charge in [0.1, 0.15) is 0 Å². The van der Waals surface area contributed by atoms with Crippen LogP contribution in [0, 0.1) is 0 Å². The molecular formula is C24H30N2O5S. The Balaban J connectivity index is 1.94. The van der Waals surface area contributed by atoms with Crippen molar-refractivity contribution in [1.82, 2.24) is 4.90 Å². The minimum absolute atomic E-state index is 0.0569. The van der Waals surface area contributed by atoms with Gasteiger partial charge in [0, 0.05) is 17.1 Å². The van der Waals surface area contributed by atoms with E-state index in [1.54, 1.807) is 16.7 Å². The number of rotatable bonds is 8. The maximum Gasteiger partial charge on any atom is 0.322 e. The molecule has 0 radical (unpaired) electrons. The van der Waals surface area contributed by atoms with E-state index in [4.69, 9.17) is 14.2 Å². The first kappa shape index (κ1) is 23.8. The summed E-state index contributed by atoms with van der Waals surface area (Å²) in [4.78, 5) is 28.2. The normalized spacial score (nSPS) is 15.0. The average Bonchev–Trinajstić information content (AvgIpc) is 2.80. The van der Waals surface area contributed by atoms with Crippen LogP contribution in [0.2, 0.25) is 0 Å². The predicted octanol–water partition coefficient (Wildman–Crippen LogP) is 4.90. The minimum atomic E-state index is -0.468. The number of methoxy groups -OCH3 is 1. The summed E-state index contributed by atoms with van der Waals surface area (Å²) in [6.45, 7) is 5.31. The molecule has 0 bridgehead atoms. The fraction of sp³-hybridized carbons (Fsp3) is 0.417. The number of thioether (sulfide) groups is 1. The van der Waals surface area contributed by atoms with Gasteiger partial charge in [0.15, 0.2) is 11.5 Å². The van der Waals surface area contributed by atoms with Crippen molar-refractivity contribution in [3.8, 4) is 11.5 Å². The number of amides is 2. The van der Waals surface area contributed by atoms with Crippen molar-refractivity contribution in [2.24, 2.45) is 0 Å². The standard InChI is InChI=1S/C24H30N2O5S/c1-5-30-21-12-16-10-11-26(24(28)25-17-8-7-9-18(13-17)32-4)20(15-23(27)29-3)19(16)14-22(21)31-6-2/h7-9,12-14,20H,5-6,10-11,15H2,1-4H3,(H,25,28)/t20-/m1/s1. The molecule has 2 amide bonds. The quantitative estimate of drug-likeness (QED) is 0.448. The largest absolute Gasteiger partial charge is 0.490 e. The average molecular weight is 459 g/mol. The minimum Gasteiger partial charge on any atom is -0.490 e. The Kier molecular flexibility index (Phi) is 8.27. The molecule has 0 saturated carbocycles. The molecule has 1 aliphatic rings. The summed E-state index contributed by atoms with van der Waals surface area (Å²) in [6, 6.07) is 10.8. The molecule has 1 aliphatic heterocycles. The molecule has 172 valence electrons. The number of esters is 1. The fourth-order valence-electron chi connectivity index (χ4n) is 3.85. The molecule has 3 rings (SSSR count). The van der Waals surface area contributed by atoms with E-state index in [1.165, 1.54) is 7.11 Å². The molecule has 0 aromatic heterocycles. The van der Waals surface area contributed by atoms with E-state index in [0.29, 0.717) is 43.4 Å². The van der Waals surface area contributed by atoms with Gasteiger partial charge in [-0.1, -0.05) is 6.07 Å². The summed E-state index contributed by atoms with van der Waals surface area (Å²) < 4.78 is 16.5. The van der Waals surface area contributed by atoms with E-state index in [1.807, 2.05) is 56.5 Å². The number of hydrogen-bond donors (Lipinski definition) is 1. The molecule has 0 fully saturated rings. The zero-order valence-electron chi connectivity index (χ0n) is 19.0. The van der Waals surface area contributed by atoms with Crippen molar-refractivity contribution < 1.29 is 23.8 Å². The van der Waals surface area contributed by atoms with Crippen molar-refractivity contribution in [3.05, 3.63) is 47.5 Å². The predicted molar refractivity (Wildman–Crippen MR) is 126 cm³/mol. The van der Waals surface area contributed by atoms with Crippen molar-refractivity contribution in [3.63, 3.8) is 0 Å². The van der Waals surface area contributed by atoms with Crippen LogP contribution in [0.15, 0.2) is 41.3 Å². The Morgan fingerprint density at radius 2 is 1.84 bits per heavy atom. The Hall–Kier alpha value is -2.87. The highest BCUT2D eigenvalue weighted by Gasteiger charge is 2.34. The number of anilines is 1. The molecule has 8 heteroatoms. The maximum absolute atomic E-state index is 13.2. The van der Waals surface area contributed by atoms with E-state index < -0.39 is 6.04 Å². The lowest BCUT2D eigenvalue weighted by atomic mass is 9.90. The second-order valence-electron chi connectivity index (χ2n) is 7.27. The molecule has 7 nitrogen and oxygen atoms in total. The van der Waals surface area contributed by atoms with Gasteiger partial charge in [-0.25, -0.2) is 4.79 Å². The summed E-state index contributed by atoms with van der Waals surface area (Å²) in [5.41, 5.74) is 2.63. The van der Waals surface area contributed by atoms with Crippen molar-refractivity contribution in [2.75, 3.05) is 38.4 Å². The lowest BCUT2D eigenvalue weighted by Crippen LogP contribution is -2.43. The van der Waals surface area contributed by atoms with Gasteiger partial charge >= 0.3 is 12.0 Å². The smallest absolute Gasteiger partial charge is 0.322 e. The lowest BCUT2D eigenvalue weighted by Gasteiger charge is -2.37. The van der Waals surface area contributed by atoms with Crippen LogP contribution in [0.5, 0.6) is 11.5 Å². The second-order valence-corrected chi connectivity index (χ2v) is 8.14. The van der Waals surface area contributed by atoms with Crippen LogP contribution >= 0.6 is 11.8 Å². The molecule has 0 aliphatic carbocycles. The number of ether oxygens (including phenoxy) is 3. The number of nitrogens with zero attached hydrogens (tertiary/aromatic N) is 1. The van der Waals surface area contributed by atoms with Crippen LogP contribution in [0.3, 0.4) is 0 Å². The molecule has 1 N–H and O–H groups in total. The van der Waals surface area contributed by atoms with Gasteiger partial charge in [-0.05, 0) is 68.0 Å². The van der Waals surface area contributed by atoms with Crippen molar-refractivity contribution in [1.29, 1.82) is 0 Å². The molecule has 2 aromatic carbocycles. The zero-order valence-corrected chi connectivity index (χ0v) is 19.8. The molecule has 32 heavy (non-hydrogen) atoms. The molecule has 0 saturated heterocycles. The van der Waals surface area contributed by atoms with E-state index in [0.717, 1.165) is 16.0 Å². The van der Waals surface area contributed by atoms with E-state index in [2.05, 4.69) is 5.32 Å². The van der Waals surface area contributed by atoms with Gasteiger partial charge in [0.25, 0.3) is 0 Å². The van der Waals surface area contributed by atoms with Crippen molar-refractivity contribution >= 4 is 29.4 Å². The van der Waals surface area contributed by atoms with E-state index >= 15 is 0 Å². The number of fused-ring (bicyclic) bond motifs is 1. The van der Waals surface area contributed by atoms with Gasteiger partial charge < -0.3 is 24.4 Å². The summed E-state index contributed by atoms with van der Waals surface area (Å²) in [7, 11) is 1.36. The van der Waals surface area contributed by atoms with Crippen LogP contribution in [0.25, 0.3) is 0 Å². The Labute approximate surface area is 193 Å². The highest BCUT2D eigenvalue weighted by molar-refractivity contribution is 7.98. The van der Waals surface area contributed by atoms with E-state index in [9.17, 15) is 9.59 Å². The third kappa shape index (κ3) is 5.48. The van der Waals surface area contributed by atoms with Gasteiger partial charge in [-0.3, -0.25) is 4.79 Å². The zero-order chi connectivity index (χ0) is 23.1. The number of urea groups is 1. The summed E-state index contributed by atoms with van der Waals surface area (Å²) in [5.74, 6) is 0.909. The Morgan fingerprint density at radius 1 is 1.12 bits per heavy atom. The molecular weight excluding hydrogens is 428 g/mol. The van der Waals surface area contributed by atoms with Crippen LogP contribution in [-0.4, -0.2) is 50.0 Å². The number of nitrogens with one attached hydrogen (secondary N) is 1. The molecule has 1 atom stereocenters. The summed E-state index contributed by atoms with van der Waals surface area (Å²) >= 11 is 1.61. The highest BCUT2D eigenvalue weighted by atomic mass is 32.2. The fourth-order valence-corrected chi connectivity index (χ4v) is 4.31. The molecule has 0 spiro atoms. The summed E-state index contributed by atoms with van der Waals surface area (Å²) in [6.07, 6.45) is 2.69. The van der Waals surface area contributed by atoms with Crippen LogP contribution in [0.1, 0.15) is 37.4 Å². The number of hydrogen-bond acceptors (Lipinski definition) is 6. The van der Waals surface area contributed by atoms with E-state index in [-0.39, 0.29) is 18.4 Å². The van der Waals surface area contributed by atoms with Gasteiger partial charge in [-0.15, -0.1) is 11.8 Å². The van der Waals surface area contributed by atoms with Crippen LogP contribution < -0.4 is 14.8 Å². The third-order valence-corrected chi connectivity index (χ3v) is 6.06. The number of carbonyl (C=O) groups excluding carboxylic acids is 2. The first-order valence-electron chi connectivity index (χ1n) is 10.7. The SMILES string of the molecule is CCOc1cc2c(cc1OCC)[C@@H](CC(=O)OC)N(C(=O)Nc1cccc(SC)c1)CC2. The third-order valence-electron chi connectivity index (χ3n) is 5.33. The number of benzene rings is 2. The van der Waals surface area contributed by atoms with Crippen molar-refractivity contribution in [2.45, 2.75) is 37.6 Å². The molecule has 2 aromatic rings. The highest BCUT2D eigenvalue weighted by Crippen LogP contribution is 2.40. The molecule has 1 heterocycles. The monoisotopic (exact) mass is 458 g/mol. The first-order chi connectivity index (χ1) is 15.5. The molecule has 0 unspecified atom stereocenters.